The summed E-state index contributed by atoms with van der Waals surface area (Å²) < 4.78 is 0. The maximum atomic E-state index is 10.8. The molecule has 3 nitrogen and oxygen atoms in total. The third kappa shape index (κ3) is 1.53. The molecule has 0 amide bonds. The minimum Gasteiger partial charge on any atom is -0.360 e. The number of hydrogen-bond acceptors (Lipinski definition) is 2. The summed E-state index contributed by atoms with van der Waals surface area (Å²) in [5.41, 5.74) is 2.08. The topological polar surface area (TPSA) is 49.9 Å². The summed E-state index contributed by atoms with van der Waals surface area (Å²) in [6.45, 7) is 0. The highest BCUT2D eigenvalue weighted by Gasteiger charge is 2.05. The molecule has 15 heavy (non-hydrogen) atoms. The normalized spacial score (nSPS) is 9.33. The van der Waals surface area contributed by atoms with Crippen LogP contribution in [-0.2, 0) is 4.79 Å². The van der Waals surface area contributed by atoms with E-state index in [1.165, 1.54) is 0 Å². The van der Waals surface area contributed by atoms with Gasteiger partial charge in [-0.25, -0.2) is 0 Å². The van der Waals surface area contributed by atoms with Crippen LogP contribution < -0.4 is 0 Å². The van der Waals surface area contributed by atoms with Crippen LogP contribution in [0.5, 0.6) is 0 Å². The van der Waals surface area contributed by atoms with Gasteiger partial charge in [-0.15, -0.1) is 0 Å². The molecular weight excluding hydrogens is 190 g/mol. The Hall–Kier alpha value is -2.34. The molecule has 0 fully saturated rings. The van der Waals surface area contributed by atoms with Crippen LogP contribution in [0, 0.1) is 11.8 Å². The molecule has 0 spiro atoms. The summed E-state index contributed by atoms with van der Waals surface area (Å²) in [6.07, 6.45) is 2.93. The summed E-state index contributed by atoms with van der Waals surface area (Å²) in [6, 6.07) is 5.45. The van der Waals surface area contributed by atoms with E-state index in [0.29, 0.717) is 17.4 Å². The summed E-state index contributed by atoms with van der Waals surface area (Å²) in [5.74, 6) is 5.04. The number of fused-ring (bicyclic) bond motifs is 1. The molecule has 1 N–H and O–H groups in total. The Labute approximate surface area is 86.1 Å². The van der Waals surface area contributed by atoms with E-state index >= 15 is 0 Å². The SMILES string of the molecule is O=CC#Cc1cccc2[nH]cc(C=O)c12. The van der Waals surface area contributed by atoms with Crippen molar-refractivity contribution in [1.29, 1.82) is 0 Å². The predicted molar refractivity (Wildman–Crippen MR) is 56.6 cm³/mol. The van der Waals surface area contributed by atoms with E-state index in [2.05, 4.69) is 16.8 Å². The first-order chi connectivity index (χ1) is 7.36. The monoisotopic (exact) mass is 197 g/mol. The number of benzene rings is 1. The fourth-order valence-electron chi connectivity index (χ4n) is 1.52. The minimum atomic E-state index is 0.534. The summed E-state index contributed by atoms with van der Waals surface area (Å²) in [5, 5.41) is 0.766. The molecule has 1 aromatic heterocycles. The van der Waals surface area contributed by atoms with Gasteiger partial charge in [-0.05, 0) is 18.1 Å². The van der Waals surface area contributed by atoms with Crippen LogP contribution in [0.15, 0.2) is 24.4 Å². The first kappa shape index (κ1) is 9.22. The van der Waals surface area contributed by atoms with Crippen LogP contribution in [0.25, 0.3) is 10.9 Å². The van der Waals surface area contributed by atoms with Crippen molar-refractivity contribution in [3.63, 3.8) is 0 Å². The summed E-state index contributed by atoms with van der Waals surface area (Å²) in [7, 11) is 0. The number of carbonyl (C=O) groups excluding carboxylic acids is 2. The molecule has 72 valence electrons. The van der Waals surface area contributed by atoms with Gasteiger partial charge < -0.3 is 4.98 Å². The predicted octanol–water partition coefficient (Wildman–Crippen LogP) is 1.53. The van der Waals surface area contributed by atoms with Crippen molar-refractivity contribution in [2.45, 2.75) is 0 Å². The number of rotatable bonds is 1. The quantitative estimate of drug-likeness (QED) is 0.556. The van der Waals surface area contributed by atoms with Gasteiger partial charge in [-0.2, -0.15) is 0 Å². The summed E-state index contributed by atoms with van der Waals surface area (Å²) >= 11 is 0. The van der Waals surface area contributed by atoms with Crippen molar-refractivity contribution in [1.82, 2.24) is 4.98 Å². The van der Waals surface area contributed by atoms with Gasteiger partial charge >= 0.3 is 0 Å². The zero-order valence-corrected chi connectivity index (χ0v) is 7.78. The highest BCUT2D eigenvalue weighted by molar-refractivity contribution is 6.00. The lowest BCUT2D eigenvalue weighted by atomic mass is 10.1. The van der Waals surface area contributed by atoms with Crippen LogP contribution in [0.3, 0.4) is 0 Å². The third-order valence-corrected chi connectivity index (χ3v) is 2.13. The van der Waals surface area contributed by atoms with Crippen molar-refractivity contribution >= 4 is 23.5 Å². The molecule has 0 aliphatic carbocycles. The maximum Gasteiger partial charge on any atom is 0.193 e. The van der Waals surface area contributed by atoms with E-state index in [0.717, 1.165) is 17.2 Å². The van der Waals surface area contributed by atoms with Crippen molar-refractivity contribution in [3.8, 4) is 11.8 Å². The molecule has 3 heteroatoms. The lowest BCUT2D eigenvalue weighted by Gasteiger charge is -1.94. The highest BCUT2D eigenvalue weighted by Crippen LogP contribution is 2.20. The van der Waals surface area contributed by atoms with E-state index in [1.807, 2.05) is 12.1 Å². The Bertz CT molecular complexity index is 584. The van der Waals surface area contributed by atoms with Gasteiger partial charge in [-0.1, -0.05) is 12.0 Å². The number of hydrogen-bond donors (Lipinski definition) is 1. The number of carbonyl (C=O) groups is 2. The molecule has 0 aliphatic rings. The lowest BCUT2D eigenvalue weighted by molar-refractivity contribution is -0.103. The fourth-order valence-corrected chi connectivity index (χ4v) is 1.52. The number of nitrogens with one attached hydrogen (secondary N) is 1. The van der Waals surface area contributed by atoms with Gasteiger partial charge in [0.1, 0.15) is 0 Å². The molecule has 1 aromatic carbocycles. The van der Waals surface area contributed by atoms with E-state index in [-0.39, 0.29) is 0 Å². The van der Waals surface area contributed by atoms with Crippen LogP contribution in [0.2, 0.25) is 0 Å². The summed E-state index contributed by atoms with van der Waals surface area (Å²) in [4.78, 5) is 23.9. The van der Waals surface area contributed by atoms with Crippen molar-refractivity contribution in [2.24, 2.45) is 0 Å². The van der Waals surface area contributed by atoms with E-state index in [4.69, 9.17) is 0 Å². The highest BCUT2D eigenvalue weighted by atomic mass is 16.1. The molecule has 0 unspecified atom stereocenters. The number of aldehydes is 2. The van der Waals surface area contributed by atoms with Gasteiger partial charge in [0.05, 0.1) is 0 Å². The molecule has 0 bridgehead atoms. The smallest absolute Gasteiger partial charge is 0.193 e. The average molecular weight is 197 g/mol. The van der Waals surface area contributed by atoms with Gasteiger partial charge in [0.15, 0.2) is 12.6 Å². The Morgan fingerprint density at radius 2 is 2.13 bits per heavy atom. The minimum absolute atomic E-state index is 0.534. The average Bonchev–Trinajstić information content (AvgIpc) is 2.69. The van der Waals surface area contributed by atoms with Gasteiger partial charge in [0.25, 0.3) is 0 Å². The van der Waals surface area contributed by atoms with E-state index in [1.54, 1.807) is 12.3 Å². The number of aromatic amines is 1. The van der Waals surface area contributed by atoms with Crippen LogP contribution in [0.1, 0.15) is 15.9 Å². The molecule has 0 saturated carbocycles. The Balaban J connectivity index is 2.77. The van der Waals surface area contributed by atoms with Crippen LogP contribution in [-0.4, -0.2) is 17.6 Å². The molecule has 0 aliphatic heterocycles. The van der Waals surface area contributed by atoms with Crippen molar-refractivity contribution < 1.29 is 9.59 Å². The van der Waals surface area contributed by atoms with Gasteiger partial charge in [0, 0.05) is 28.2 Å². The van der Waals surface area contributed by atoms with Crippen molar-refractivity contribution in [2.75, 3.05) is 0 Å². The van der Waals surface area contributed by atoms with Crippen LogP contribution in [0.4, 0.5) is 0 Å². The largest absolute Gasteiger partial charge is 0.360 e. The molecule has 2 aromatic rings. The molecular formula is C12H7NO2. The number of H-pyrrole nitrogens is 1. The second-order valence-electron chi connectivity index (χ2n) is 2.98. The molecule has 0 saturated heterocycles. The molecule has 0 atom stereocenters. The molecule has 1 heterocycles. The second-order valence-corrected chi connectivity index (χ2v) is 2.98. The Morgan fingerprint density at radius 3 is 2.87 bits per heavy atom. The molecule has 0 radical (unpaired) electrons. The van der Waals surface area contributed by atoms with Crippen LogP contribution >= 0.6 is 0 Å². The lowest BCUT2D eigenvalue weighted by Crippen LogP contribution is -1.81. The second kappa shape index (κ2) is 3.81. The zero-order valence-electron chi connectivity index (χ0n) is 7.78. The molecule has 2 rings (SSSR count). The van der Waals surface area contributed by atoms with E-state index in [9.17, 15) is 9.59 Å². The zero-order chi connectivity index (χ0) is 10.7. The van der Waals surface area contributed by atoms with Gasteiger partial charge in [0.2, 0.25) is 0 Å². The van der Waals surface area contributed by atoms with Crippen molar-refractivity contribution in [3.05, 3.63) is 35.5 Å². The fraction of sp³-hybridized carbons (Fsp3) is 0. The Morgan fingerprint density at radius 1 is 1.27 bits per heavy atom. The van der Waals surface area contributed by atoms with Gasteiger partial charge in [-0.3, -0.25) is 9.59 Å². The first-order valence-electron chi connectivity index (χ1n) is 4.37. The van der Waals surface area contributed by atoms with E-state index < -0.39 is 0 Å². The Kier molecular flexibility index (Phi) is 2.34. The maximum absolute atomic E-state index is 10.8. The number of aromatic nitrogens is 1. The standard InChI is InChI=1S/C12H7NO2/c14-6-2-4-9-3-1-5-11-12(9)10(8-15)7-13-11/h1,3,5-8,13H. The third-order valence-electron chi connectivity index (χ3n) is 2.13. The first-order valence-corrected chi connectivity index (χ1v) is 4.37.